The zero-order chi connectivity index (χ0) is 14.2. The van der Waals surface area contributed by atoms with Gasteiger partial charge in [0.2, 0.25) is 0 Å². The van der Waals surface area contributed by atoms with Gasteiger partial charge in [0, 0.05) is 30.3 Å². The molecule has 0 spiro atoms. The van der Waals surface area contributed by atoms with E-state index in [0.717, 1.165) is 19.4 Å². The zero-order valence-electron chi connectivity index (χ0n) is 12.1. The predicted octanol–water partition coefficient (Wildman–Crippen LogP) is 3.09. The van der Waals surface area contributed by atoms with Crippen molar-refractivity contribution >= 4 is 5.78 Å². The number of hydrogen-bond acceptors (Lipinski definition) is 2. The average Bonchev–Trinajstić information content (AvgIpc) is 2.48. The van der Waals surface area contributed by atoms with Gasteiger partial charge in [-0.3, -0.25) is 4.79 Å². The van der Waals surface area contributed by atoms with Crippen LogP contribution in [-0.4, -0.2) is 18.4 Å². The lowest BCUT2D eigenvalue weighted by Crippen LogP contribution is -2.63. The van der Waals surface area contributed by atoms with Crippen LogP contribution >= 0.6 is 0 Å². The molecular formula is C18H23NO. The molecule has 0 amide bonds. The highest BCUT2D eigenvalue weighted by atomic mass is 16.1. The van der Waals surface area contributed by atoms with Crippen LogP contribution in [0.1, 0.15) is 31.7 Å². The molecule has 4 atom stereocenters. The molecule has 2 bridgehead atoms. The predicted molar refractivity (Wildman–Crippen MR) is 81.6 cm³/mol. The minimum absolute atomic E-state index is 0.0566. The normalized spacial score (nSPS) is 36.0. The Balaban J connectivity index is 2.01. The molecule has 1 aromatic rings. The Morgan fingerprint density at radius 1 is 1.35 bits per heavy atom. The summed E-state index contributed by atoms with van der Waals surface area (Å²) in [6.07, 6.45) is 4.86. The first kappa shape index (κ1) is 13.6. The molecule has 1 N–H and O–H groups in total. The smallest absolute Gasteiger partial charge is 0.137 e. The summed E-state index contributed by atoms with van der Waals surface area (Å²) in [6.45, 7) is 6.91. The number of fused-ring (bicyclic) bond motifs is 3. The molecule has 0 aromatic heterocycles. The summed E-state index contributed by atoms with van der Waals surface area (Å²) in [7, 11) is 0. The third kappa shape index (κ3) is 1.94. The maximum absolute atomic E-state index is 12.3. The van der Waals surface area contributed by atoms with Crippen molar-refractivity contribution in [3.63, 3.8) is 0 Å². The highest BCUT2D eigenvalue weighted by Gasteiger charge is 2.55. The number of benzene rings is 1. The quantitative estimate of drug-likeness (QED) is 0.851. The highest BCUT2D eigenvalue weighted by molar-refractivity contribution is 5.84. The van der Waals surface area contributed by atoms with Crippen LogP contribution in [0, 0.1) is 11.8 Å². The van der Waals surface area contributed by atoms with E-state index < -0.39 is 0 Å². The fourth-order valence-electron chi connectivity index (χ4n) is 4.35. The van der Waals surface area contributed by atoms with Gasteiger partial charge in [-0.2, -0.15) is 0 Å². The van der Waals surface area contributed by atoms with E-state index in [1.54, 1.807) is 0 Å². The summed E-state index contributed by atoms with van der Waals surface area (Å²) in [4.78, 5) is 12.3. The van der Waals surface area contributed by atoms with Gasteiger partial charge >= 0.3 is 0 Å². The topological polar surface area (TPSA) is 29.1 Å². The van der Waals surface area contributed by atoms with Crippen LogP contribution < -0.4 is 5.32 Å². The number of carbonyl (C=O) groups is 1. The van der Waals surface area contributed by atoms with Crippen LogP contribution in [0.2, 0.25) is 0 Å². The molecule has 0 radical (unpaired) electrons. The Morgan fingerprint density at radius 2 is 2.10 bits per heavy atom. The van der Waals surface area contributed by atoms with Gasteiger partial charge in [0.1, 0.15) is 5.78 Å². The standard InChI is InChI=1S/C18H23NO/c1-3-11-19-17-15-10-9-14(12-16(15)20)18(17,2)13-7-5-4-6-8-13/h3-8,14-15,17,19H,1,9-12H2,2H3/t14-,15+,17-,18-/m0/s1. The Morgan fingerprint density at radius 3 is 2.75 bits per heavy atom. The van der Waals surface area contributed by atoms with Gasteiger partial charge in [-0.15, -0.1) is 6.58 Å². The summed E-state index contributed by atoms with van der Waals surface area (Å²) in [6, 6.07) is 10.9. The summed E-state index contributed by atoms with van der Waals surface area (Å²) < 4.78 is 0. The van der Waals surface area contributed by atoms with E-state index >= 15 is 0 Å². The lowest BCUT2D eigenvalue weighted by atomic mass is 9.51. The summed E-state index contributed by atoms with van der Waals surface area (Å²) in [5, 5.41) is 3.58. The van der Waals surface area contributed by atoms with E-state index in [0.29, 0.717) is 11.7 Å². The second kappa shape index (κ2) is 5.17. The number of ketones is 1. The molecule has 106 valence electrons. The van der Waals surface area contributed by atoms with E-state index in [-0.39, 0.29) is 17.4 Å². The number of carbonyl (C=O) groups excluding carboxylic acids is 1. The van der Waals surface area contributed by atoms with Crippen LogP contribution in [0.5, 0.6) is 0 Å². The van der Waals surface area contributed by atoms with E-state index in [9.17, 15) is 4.79 Å². The molecule has 0 aliphatic heterocycles. The highest BCUT2D eigenvalue weighted by Crippen LogP contribution is 2.52. The Labute approximate surface area is 121 Å². The largest absolute Gasteiger partial charge is 0.309 e. The molecule has 3 aliphatic rings. The average molecular weight is 269 g/mol. The van der Waals surface area contributed by atoms with Gasteiger partial charge in [0.05, 0.1) is 0 Å². The molecule has 2 nitrogen and oxygen atoms in total. The summed E-state index contributed by atoms with van der Waals surface area (Å²) in [5.41, 5.74) is 1.42. The second-order valence-electron chi connectivity index (χ2n) is 6.37. The van der Waals surface area contributed by atoms with E-state index in [4.69, 9.17) is 0 Å². The van der Waals surface area contributed by atoms with E-state index in [1.807, 2.05) is 6.08 Å². The Hall–Kier alpha value is -1.41. The van der Waals surface area contributed by atoms with Crippen molar-refractivity contribution in [2.24, 2.45) is 11.8 Å². The van der Waals surface area contributed by atoms with Crippen LogP contribution in [0.15, 0.2) is 43.0 Å². The molecule has 3 fully saturated rings. The number of nitrogens with one attached hydrogen (secondary N) is 1. The number of hydrogen-bond donors (Lipinski definition) is 1. The monoisotopic (exact) mass is 269 g/mol. The number of Topliss-reactive ketones (excluding diaryl/α,β-unsaturated/α-hetero) is 1. The minimum atomic E-state index is 0.0566. The first-order valence-corrected chi connectivity index (χ1v) is 7.60. The van der Waals surface area contributed by atoms with Gasteiger partial charge in [-0.25, -0.2) is 0 Å². The van der Waals surface area contributed by atoms with Crippen molar-refractivity contribution in [1.29, 1.82) is 0 Å². The van der Waals surface area contributed by atoms with Crippen molar-refractivity contribution < 1.29 is 4.79 Å². The lowest BCUT2D eigenvalue weighted by Gasteiger charge is -2.55. The van der Waals surface area contributed by atoms with Gasteiger partial charge in [0.25, 0.3) is 0 Å². The number of rotatable bonds is 4. The molecular weight excluding hydrogens is 246 g/mol. The fraction of sp³-hybridized carbons (Fsp3) is 0.500. The molecule has 2 heteroatoms. The van der Waals surface area contributed by atoms with Crippen LogP contribution in [0.4, 0.5) is 0 Å². The summed E-state index contributed by atoms with van der Waals surface area (Å²) >= 11 is 0. The maximum atomic E-state index is 12.3. The third-order valence-electron chi connectivity index (χ3n) is 5.46. The van der Waals surface area contributed by atoms with Crippen LogP contribution in [-0.2, 0) is 10.2 Å². The minimum Gasteiger partial charge on any atom is -0.309 e. The Kier molecular flexibility index (Phi) is 3.51. The molecule has 20 heavy (non-hydrogen) atoms. The molecule has 3 aliphatic carbocycles. The van der Waals surface area contributed by atoms with Crippen molar-refractivity contribution in [2.75, 3.05) is 6.54 Å². The molecule has 0 heterocycles. The molecule has 4 rings (SSSR count). The van der Waals surface area contributed by atoms with E-state index in [1.165, 1.54) is 12.0 Å². The molecule has 0 saturated heterocycles. The van der Waals surface area contributed by atoms with Gasteiger partial charge in [0.15, 0.2) is 0 Å². The van der Waals surface area contributed by atoms with Crippen molar-refractivity contribution in [3.05, 3.63) is 48.6 Å². The maximum Gasteiger partial charge on any atom is 0.137 e. The van der Waals surface area contributed by atoms with Crippen molar-refractivity contribution in [2.45, 2.75) is 37.6 Å². The first-order chi connectivity index (χ1) is 9.67. The third-order valence-corrected chi connectivity index (χ3v) is 5.46. The van der Waals surface area contributed by atoms with Crippen LogP contribution in [0.3, 0.4) is 0 Å². The molecule has 0 unspecified atom stereocenters. The molecule has 3 saturated carbocycles. The van der Waals surface area contributed by atoms with Crippen molar-refractivity contribution in [3.8, 4) is 0 Å². The SMILES string of the molecule is C=CCN[C@H]1[C@@H]2CC[C@@H](CC2=O)[C@]1(C)c1ccccc1. The second-order valence-corrected chi connectivity index (χ2v) is 6.37. The zero-order valence-corrected chi connectivity index (χ0v) is 12.1. The Bertz CT molecular complexity index is 509. The van der Waals surface area contributed by atoms with Gasteiger partial charge in [-0.1, -0.05) is 43.3 Å². The van der Waals surface area contributed by atoms with E-state index in [2.05, 4.69) is 49.2 Å². The molecule has 1 aromatic carbocycles. The first-order valence-electron chi connectivity index (χ1n) is 7.60. The summed E-state index contributed by atoms with van der Waals surface area (Å²) in [5.74, 6) is 1.09. The van der Waals surface area contributed by atoms with Crippen molar-refractivity contribution in [1.82, 2.24) is 5.32 Å². The lowest BCUT2D eigenvalue weighted by molar-refractivity contribution is -0.135. The fourth-order valence-corrected chi connectivity index (χ4v) is 4.35. The van der Waals surface area contributed by atoms with Gasteiger partial charge in [-0.05, 0) is 24.3 Å². The van der Waals surface area contributed by atoms with Gasteiger partial charge < -0.3 is 5.32 Å². The van der Waals surface area contributed by atoms with Crippen LogP contribution in [0.25, 0.3) is 0 Å².